The van der Waals surface area contributed by atoms with Gasteiger partial charge in [-0.2, -0.15) is 5.26 Å². The lowest BCUT2D eigenvalue weighted by Gasteiger charge is -2.01. The molecular formula is C7H6ClN3. The SMILES string of the molecule is N#Cc1ccc(N)c(Cl)c1N. The molecule has 0 aliphatic rings. The first-order chi connectivity index (χ1) is 5.16. The Morgan fingerprint density at radius 2 is 2.00 bits per heavy atom. The summed E-state index contributed by atoms with van der Waals surface area (Å²) in [6, 6.07) is 4.99. The number of halogens is 1. The molecule has 56 valence electrons. The molecule has 0 radical (unpaired) electrons. The lowest BCUT2D eigenvalue weighted by molar-refractivity contribution is 1.48. The van der Waals surface area contributed by atoms with E-state index in [0.29, 0.717) is 11.3 Å². The molecule has 1 aromatic rings. The van der Waals surface area contributed by atoms with Crippen LogP contribution in [0.1, 0.15) is 5.56 Å². The molecule has 11 heavy (non-hydrogen) atoms. The van der Waals surface area contributed by atoms with Crippen molar-refractivity contribution in [1.82, 2.24) is 0 Å². The van der Waals surface area contributed by atoms with Gasteiger partial charge in [0.25, 0.3) is 0 Å². The number of hydrogen-bond acceptors (Lipinski definition) is 3. The van der Waals surface area contributed by atoms with Crippen LogP contribution in [0.25, 0.3) is 0 Å². The van der Waals surface area contributed by atoms with E-state index in [2.05, 4.69) is 0 Å². The van der Waals surface area contributed by atoms with Crippen LogP contribution in [-0.2, 0) is 0 Å². The minimum atomic E-state index is 0.245. The van der Waals surface area contributed by atoms with Crippen LogP contribution in [0.4, 0.5) is 11.4 Å². The summed E-state index contributed by atoms with van der Waals surface area (Å²) in [6.45, 7) is 0. The number of nitrogens with zero attached hydrogens (tertiary/aromatic N) is 1. The van der Waals surface area contributed by atoms with Crippen molar-refractivity contribution in [2.24, 2.45) is 0 Å². The van der Waals surface area contributed by atoms with E-state index in [0.717, 1.165) is 0 Å². The van der Waals surface area contributed by atoms with Gasteiger partial charge in [-0.05, 0) is 12.1 Å². The summed E-state index contributed by atoms with van der Waals surface area (Å²) in [7, 11) is 0. The van der Waals surface area contributed by atoms with Crippen LogP contribution in [0.15, 0.2) is 12.1 Å². The summed E-state index contributed by atoms with van der Waals surface area (Å²) in [4.78, 5) is 0. The van der Waals surface area contributed by atoms with Crippen LogP contribution < -0.4 is 11.5 Å². The summed E-state index contributed by atoms with van der Waals surface area (Å²) >= 11 is 5.66. The molecule has 0 unspecified atom stereocenters. The van der Waals surface area contributed by atoms with Gasteiger partial charge in [0, 0.05) is 0 Å². The van der Waals surface area contributed by atoms with Gasteiger partial charge in [0.15, 0.2) is 0 Å². The molecule has 0 bridgehead atoms. The molecule has 0 aliphatic heterocycles. The molecule has 1 rings (SSSR count). The van der Waals surface area contributed by atoms with Crippen molar-refractivity contribution in [3.63, 3.8) is 0 Å². The predicted molar refractivity (Wildman–Crippen MR) is 45.0 cm³/mol. The molecule has 0 atom stereocenters. The van der Waals surface area contributed by atoms with Crippen LogP contribution in [0, 0.1) is 11.3 Å². The van der Waals surface area contributed by atoms with Crippen molar-refractivity contribution < 1.29 is 0 Å². The highest BCUT2D eigenvalue weighted by Gasteiger charge is 2.04. The fourth-order valence-corrected chi connectivity index (χ4v) is 0.872. The molecule has 0 saturated heterocycles. The van der Waals surface area contributed by atoms with Crippen molar-refractivity contribution in [2.75, 3.05) is 11.5 Å². The lowest BCUT2D eigenvalue weighted by Crippen LogP contribution is -1.95. The Morgan fingerprint density at radius 3 is 2.55 bits per heavy atom. The maximum absolute atomic E-state index is 8.50. The molecule has 4 N–H and O–H groups in total. The van der Waals surface area contributed by atoms with Crippen LogP contribution in [0.2, 0.25) is 5.02 Å². The monoisotopic (exact) mass is 167 g/mol. The Kier molecular flexibility index (Phi) is 1.88. The average Bonchev–Trinajstić information content (AvgIpc) is 2.01. The highest BCUT2D eigenvalue weighted by Crippen LogP contribution is 2.27. The summed E-state index contributed by atoms with van der Waals surface area (Å²) in [5.74, 6) is 0. The lowest BCUT2D eigenvalue weighted by atomic mass is 10.2. The molecule has 0 spiro atoms. The van der Waals surface area contributed by atoms with Crippen LogP contribution in [-0.4, -0.2) is 0 Å². The van der Waals surface area contributed by atoms with Crippen LogP contribution in [0.3, 0.4) is 0 Å². The van der Waals surface area contributed by atoms with Crippen molar-refractivity contribution in [3.05, 3.63) is 22.7 Å². The summed E-state index contributed by atoms with van der Waals surface area (Å²) in [6.07, 6.45) is 0. The van der Waals surface area contributed by atoms with E-state index in [9.17, 15) is 0 Å². The zero-order valence-electron chi connectivity index (χ0n) is 5.63. The van der Waals surface area contributed by atoms with E-state index < -0.39 is 0 Å². The van der Waals surface area contributed by atoms with Gasteiger partial charge < -0.3 is 11.5 Å². The fraction of sp³-hybridized carbons (Fsp3) is 0. The number of rotatable bonds is 0. The standard InChI is InChI=1S/C7H6ClN3/c8-6-5(10)2-1-4(3-9)7(6)11/h1-2H,10-11H2. The molecular weight excluding hydrogens is 162 g/mol. The number of nitrogen functional groups attached to an aromatic ring is 2. The first kappa shape index (κ1) is 7.70. The van der Waals surface area contributed by atoms with E-state index in [1.165, 1.54) is 6.07 Å². The fourth-order valence-electron chi connectivity index (χ4n) is 0.707. The maximum Gasteiger partial charge on any atom is 0.101 e. The molecule has 0 saturated carbocycles. The van der Waals surface area contributed by atoms with Gasteiger partial charge >= 0.3 is 0 Å². The van der Waals surface area contributed by atoms with E-state index in [1.54, 1.807) is 6.07 Å². The molecule has 0 fully saturated rings. The topological polar surface area (TPSA) is 75.8 Å². The number of nitrogens with two attached hydrogens (primary N) is 2. The first-order valence-electron chi connectivity index (χ1n) is 2.90. The Bertz CT molecular complexity index is 327. The zero-order valence-corrected chi connectivity index (χ0v) is 6.39. The Hall–Kier alpha value is -1.40. The van der Waals surface area contributed by atoms with Gasteiger partial charge in [-0.15, -0.1) is 0 Å². The van der Waals surface area contributed by atoms with E-state index in [-0.39, 0.29) is 10.7 Å². The Labute approximate surface area is 69.2 Å². The smallest absolute Gasteiger partial charge is 0.101 e. The summed E-state index contributed by atoms with van der Waals surface area (Å²) in [5.41, 5.74) is 11.9. The second kappa shape index (κ2) is 2.69. The molecule has 0 aromatic heterocycles. The number of hydrogen-bond donors (Lipinski definition) is 2. The van der Waals surface area contributed by atoms with E-state index in [4.69, 9.17) is 28.3 Å². The molecule has 0 heterocycles. The quantitative estimate of drug-likeness (QED) is 0.573. The Morgan fingerprint density at radius 1 is 1.36 bits per heavy atom. The van der Waals surface area contributed by atoms with Crippen molar-refractivity contribution in [3.8, 4) is 6.07 Å². The van der Waals surface area contributed by atoms with Crippen molar-refractivity contribution in [1.29, 1.82) is 5.26 Å². The third kappa shape index (κ3) is 1.21. The largest absolute Gasteiger partial charge is 0.397 e. The van der Waals surface area contributed by atoms with Crippen LogP contribution >= 0.6 is 11.6 Å². The minimum absolute atomic E-state index is 0.245. The minimum Gasteiger partial charge on any atom is -0.397 e. The highest BCUT2D eigenvalue weighted by molar-refractivity contribution is 6.35. The number of anilines is 2. The van der Waals surface area contributed by atoms with E-state index in [1.807, 2.05) is 6.07 Å². The number of nitriles is 1. The summed E-state index contributed by atoms with van der Waals surface area (Å²) < 4.78 is 0. The third-order valence-corrected chi connectivity index (χ3v) is 1.75. The Balaban J connectivity index is 3.40. The second-order valence-corrected chi connectivity index (χ2v) is 2.42. The molecule has 1 aromatic carbocycles. The van der Waals surface area contributed by atoms with Gasteiger partial charge in [0.05, 0.1) is 22.0 Å². The predicted octanol–water partition coefficient (Wildman–Crippen LogP) is 1.38. The van der Waals surface area contributed by atoms with Crippen LogP contribution in [0.5, 0.6) is 0 Å². The highest BCUT2D eigenvalue weighted by atomic mass is 35.5. The van der Waals surface area contributed by atoms with Gasteiger partial charge in [-0.25, -0.2) is 0 Å². The third-order valence-electron chi connectivity index (χ3n) is 1.33. The zero-order chi connectivity index (χ0) is 8.43. The van der Waals surface area contributed by atoms with Gasteiger partial charge in [-0.1, -0.05) is 11.6 Å². The maximum atomic E-state index is 8.50. The molecule has 4 heteroatoms. The first-order valence-corrected chi connectivity index (χ1v) is 3.28. The van der Waals surface area contributed by atoms with Gasteiger partial charge in [0.1, 0.15) is 6.07 Å². The summed E-state index contributed by atoms with van der Waals surface area (Å²) in [5, 5.41) is 8.76. The number of benzene rings is 1. The molecule has 0 amide bonds. The second-order valence-electron chi connectivity index (χ2n) is 2.04. The van der Waals surface area contributed by atoms with Gasteiger partial charge in [0.2, 0.25) is 0 Å². The van der Waals surface area contributed by atoms with E-state index >= 15 is 0 Å². The van der Waals surface area contributed by atoms with Crippen molar-refractivity contribution in [2.45, 2.75) is 0 Å². The van der Waals surface area contributed by atoms with Gasteiger partial charge in [-0.3, -0.25) is 0 Å². The van der Waals surface area contributed by atoms with Crippen molar-refractivity contribution >= 4 is 23.0 Å². The average molecular weight is 168 g/mol. The normalized spacial score (nSPS) is 9.09. The molecule has 3 nitrogen and oxygen atoms in total. The molecule has 0 aliphatic carbocycles.